The zero-order chi connectivity index (χ0) is 20.8. The van der Waals surface area contributed by atoms with Crippen molar-refractivity contribution in [3.8, 4) is 0 Å². The molecule has 3 rings (SSSR count). The molecule has 0 radical (unpaired) electrons. The van der Waals surface area contributed by atoms with Crippen molar-refractivity contribution in [3.05, 3.63) is 71.1 Å². The van der Waals surface area contributed by atoms with Crippen molar-refractivity contribution < 1.29 is 14.3 Å². The lowest BCUT2D eigenvalue weighted by atomic mass is 9.97. The van der Waals surface area contributed by atoms with Gasteiger partial charge >= 0.3 is 5.97 Å². The van der Waals surface area contributed by atoms with Crippen LogP contribution >= 0.6 is 11.3 Å². The Kier molecular flexibility index (Phi) is 7.04. The van der Waals surface area contributed by atoms with Gasteiger partial charge in [0, 0.05) is 11.7 Å². The Balaban J connectivity index is 1.71. The van der Waals surface area contributed by atoms with Gasteiger partial charge in [-0.1, -0.05) is 68.8 Å². The molecule has 1 heterocycles. The molecule has 29 heavy (non-hydrogen) atoms. The third-order valence-corrected chi connectivity index (χ3v) is 6.37. The minimum Gasteiger partial charge on any atom is -0.459 e. The van der Waals surface area contributed by atoms with Crippen LogP contribution in [-0.2, 0) is 27.4 Å². The summed E-state index contributed by atoms with van der Waals surface area (Å²) < 4.78 is 6.72. The number of benzene rings is 2. The molecule has 0 saturated heterocycles. The second-order valence-electron chi connectivity index (χ2n) is 7.36. The van der Waals surface area contributed by atoms with E-state index in [0.29, 0.717) is 0 Å². The first-order valence-corrected chi connectivity index (χ1v) is 10.8. The number of rotatable bonds is 8. The van der Waals surface area contributed by atoms with Crippen molar-refractivity contribution in [2.45, 2.75) is 39.3 Å². The summed E-state index contributed by atoms with van der Waals surface area (Å²) in [6.45, 7) is 4.22. The highest BCUT2D eigenvalue weighted by Gasteiger charge is 2.32. The molecule has 0 bridgehead atoms. The number of carbonyl (C=O) groups excluding carboxylic acids is 2. The van der Waals surface area contributed by atoms with E-state index in [-0.39, 0.29) is 30.8 Å². The number of hydrogen-bond acceptors (Lipinski definition) is 4. The van der Waals surface area contributed by atoms with Crippen LogP contribution in [0.15, 0.2) is 60.0 Å². The van der Waals surface area contributed by atoms with Crippen LogP contribution in [0.1, 0.15) is 31.4 Å². The second kappa shape index (κ2) is 9.70. The highest BCUT2D eigenvalue weighted by molar-refractivity contribution is 7.17. The maximum absolute atomic E-state index is 13.0. The van der Waals surface area contributed by atoms with Crippen LogP contribution < -0.4 is 0 Å². The molecule has 152 valence electrons. The molecule has 3 aromatic rings. The van der Waals surface area contributed by atoms with Crippen LogP contribution in [0.3, 0.4) is 0 Å². The quantitative estimate of drug-likeness (QED) is 0.489. The van der Waals surface area contributed by atoms with E-state index in [1.165, 1.54) is 4.70 Å². The average Bonchev–Trinajstić information content (AvgIpc) is 3.15. The highest BCUT2D eigenvalue weighted by atomic mass is 32.1. The zero-order valence-corrected chi connectivity index (χ0v) is 17.9. The second-order valence-corrected chi connectivity index (χ2v) is 8.27. The average molecular weight is 410 g/mol. The maximum Gasteiger partial charge on any atom is 0.329 e. The van der Waals surface area contributed by atoms with Crippen molar-refractivity contribution in [2.24, 2.45) is 5.92 Å². The van der Waals surface area contributed by atoms with Gasteiger partial charge in [0.25, 0.3) is 0 Å². The molecule has 4 nitrogen and oxygen atoms in total. The molecule has 1 amide bonds. The van der Waals surface area contributed by atoms with Gasteiger partial charge in [0.15, 0.2) is 0 Å². The lowest BCUT2D eigenvalue weighted by Crippen LogP contribution is -2.47. The van der Waals surface area contributed by atoms with Crippen molar-refractivity contribution >= 4 is 33.3 Å². The number of amides is 1. The van der Waals surface area contributed by atoms with E-state index in [1.54, 1.807) is 23.3 Å². The molecule has 1 aromatic heterocycles. The standard InChI is InChI=1S/C24H27NO3S/c1-4-17(2)23(24(27)28-15-18-10-6-5-7-11-18)25(3)22(26)14-19-16-29-21-13-9-8-12-20(19)21/h5-13,16-17,23H,4,14-15H2,1-3H3/t17-,23?/m0/s1. The van der Waals surface area contributed by atoms with Crippen LogP contribution in [0.4, 0.5) is 0 Å². The summed E-state index contributed by atoms with van der Waals surface area (Å²) in [4.78, 5) is 27.4. The first-order valence-electron chi connectivity index (χ1n) is 9.92. The molecule has 5 heteroatoms. The molecule has 0 saturated carbocycles. The van der Waals surface area contributed by atoms with E-state index in [4.69, 9.17) is 4.74 Å². The number of hydrogen-bond donors (Lipinski definition) is 0. The number of carbonyl (C=O) groups is 2. The Morgan fingerprint density at radius 1 is 1.07 bits per heavy atom. The summed E-state index contributed by atoms with van der Waals surface area (Å²) in [5.74, 6) is -0.420. The first kappa shape index (κ1) is 21.1. The maximum atomic E-state index is 13.0. The van der Waals surface area contributed by atoms with Gasteiger partial charge in [-0.2, -0.15) is 0 Å². The Hall–Kier alpha value is -2.66. The number of fused-ring (bicyclic) bond motifs is 1. The third kappa shape index (κ3) is 5.04. The molecule has 0 aliphatic carbocycles. The van der Waals surface area contributed by atoms with Crippen LogP contribution in [0.2, 0.25) is 0 Å². The molecule has 2 aromatic carbocycles. The van der Waals surface area contributed by atoms with Gasteiger partial charge in [-0.3, -0.25) is 4.79 Å². The van der Waals surface area contributed by atoms with E-state index >= 15 is 0 Å². The fourth-order valence-corrected chi connectivity index (χ4v) is 4.38. The predicted octanol–water partition coefficient (Wildman–Crippen LogP) is 5.06. The summed E-state index contributed by atoms with van der Waals surface area (Å²) in [5.41, 5.74) is 1.94. The summed E-state index contributed by atoms with van der Waals surface area (Å²) in [6, 6.07) is 17.1. The van der Waals surface area contributed by atoms with E-state index < -0.39 is 6.04 Å². The molecule has 2 atom stereocenters. The van der Waals surface area contributed by atoms with Crippen molar-refractivity contribution in [1.82, 2.24) is 4.90 Å². The summed E-state index contributed by atoms with van der Waals surface area (Å²) in [6.07, 6.45) is 1.06. The van der Waals surface area contributed by atoms with Crippen molar-refractivity contribution in [3.63, 3.8) is 0 Å². The summed E-state index contributed by atoms with van der Waals surface area (Å²) in [7, 11) is 1.71. The number of nitrogens with zero attached hydrogens (tertiary/aromatic N) is 1. The fraction of sp³-hybridized carbons (Fsp3) is 0.333. The third-order valence-electron chi connectivity index (χ3n) is 5.36. The Bertz CT molecular complexity index is 966. The first-order chi connectivity index (χ1) is 14.0. The van der Waals surface area contributed by atoms with Gasteiger partial charge < -0.3 is 9.64 Å². The van der Waals surface area contributed by atoms with Gasteiger partial charge in [0.05, 0.1) is 6.42 Å². The molecule has 0 N–H and O–H groups in total. The Labute approximate surface area is 176 Å². The number of likely N-dealkylation sites (N-methyl/N-ethyl adjacent to an activating group) is 1. The SMILES string of the molecule is CC[C@H](C)C(C(=O)OCc1ccccc1)N(C)C(=O)Cc1csc2ccccc12. The van der Waals surface area contributed by atoms with Gasteiger partial charge in [-0.15, -0.1) is 11.3 Å². The molecule has 0 fully saturated rings. The number of thiophene rings is 1. The fourth-order valence-electron chi connectivity index (χ4n) is 3.42. The van der Waals surface area contributed by atoms with Gasteiger partial charge in [-0.05, 0) is 33.9 Å². The normalized spacial score (nSPS) is 13.1. The predicted molar refractivity (Wildman–Crippen MR) is 118 cm³/mol. The van der Waals surface area contributed by atoms with Crippen molar-refractivity contribution in [1.29, 1.82) is 0 Å². The smallest absolute Gasteiger partial charge is 0.329 e. The van der Waals surface area contributed by atoms with E-state index in [2.05, 4.69) is 6.07 Å². The van der Waals surface area contributed by atoms with Gasteiger partial charge in [-0.25, -0.2) is 4.79 Å². The lowest BCUT2D eigenvalue weighted by molar-refractivity contribution is -0.157. The Morgan fingerprint density at radius 3 is 2.48 bits per heavy atom. The summed E-state index contributed by atoms with van der Waals surface area (Å²) >= 11 is 1.64. The zero-order valence-electron chi connectivity index (χ0n) is 17.1. The molecule has 0 spiro atoms. The van der Waals surface area contributed by atoms with E-state index in [0.717, 1.165) is 22.9 Å². The van der Waals surface area contributed by atoms with Crippen molar-refractivity contribution in [2.75, 3.05) is 7.05 Å². The largest absolute Gasteiger partial charge is 0.459 e. The van der Waals surface area contributed by atoms with Crippen LogP contribution in [0.5, 0.6) is 0 Å². The number of esters is 1. The van der Waals surface area contributed by atoms with Crippen LogP contribution in [0.25, 0.3) is 10.1 Å². The van der Waals surface area contributed by atoms with E-state index in [1.807, 2.05) is 67.8 Å². The molecular weight excluding hydrogens is 382 g/mol. The van der Waals surface area contributed by atoms with Gasteiger partial charge in [0.1, 0.15) is 12.6 Å². The minimum absolute atomic E-state index is 0.00597. The minimum atomic E-state index is -0.596. The Morgan fingerprint density at radius 2 is 1.76 bits per heavy atom. The number of ether oxygens (including phenoxy) is 1. The monoisotopic (exact) mass is 409 g/mol. The highest BCUT2D eigenvalue weighted by Crippen LogP contribution is 2.27. The van der Waals surface area contributed by atoms with Crippen LogP contribution in [0, 0.1) is 5.92 Å². The van der Waals surface area contributed by atoms with Crippen LogP contribution in [-0.4, -0.2) is 29.9 Å². The van der Waals surface area contributed by atoms with Gasteiger partial charge in [0.2, 0.25) is 5.91 Å². The topological polar surface area (TPSA) is 46.6 Å². The molecule has 0 aliphatic heterocycles. The molecule has 1 unspecified atom stereocenters. The molecule has 0 aliphatic rings. The summed E-state index contributed by atoms with van der Waals surface area (Å²) in [5, 5.41) is 3.13. The lowest BCUT2D eigenvalue weighted by Gasteiger charge is -2.30. The molecular formula is C24H27NO3S. The van der Waals surface area contributed by atoms with E-state index in [9.17, 15) is 9.59 Å².